The molecular weight excluding hydrogens is 212 g/mol. The molecule has 1 aromatic rings. The van der Waals surface area contributed by atoms with Crippen LogP contribution in [0.2, 0.25) is 0 Å². The minimum atomic E-state index is 0.221. The number of ketones is 1. The molecule has 1 aromatic heterocycles. The van der Waals surface area contributed by atoms with E-state index in [-0.39, 0.29) is 5.78 Å². The quantitative estimate of drug-likeness (QED) is 0.672. The summed E-state index contributed by atoms with van der Waals surface area (Å²) in [6.45, 7) is 3.04. The van der Waals surface area contributed by atoms with Gasteiger partial charge in [0.25, 0.3) is 0 Å². The number of imidazole rings is 1. The maximum Gasteiger partial charge on any atom is 0.140 e. The van der Waals surface area contributed by atoms with Gasteiger partial charge < -0.3 is 4.57 Å². The van der Waals surface area contributed by atoms with Gasteiger partial charge in [0.05, 0.1) is 6.42 Å². The topological polar surface area (TPSA) is 34.9 Å². The fourth-order valence-electron chi connectivity index (χ4n) is 1.48. The highest BCUT2D eigenvalue weighted by Crippen LogP contribution is 2.04. The molecule has 0 saturated heterocycles. The highest BCUT2D eigenvalue weighted by atomic mass is 35.5. The van der Waals surface area contributed by atoms with Crippen molar-refractivity contribution in [3.63, 3.8) is 0 Å². The summed E-state index contributed by atoms with van der Waals surface area (Å²) in [5, 5.41) is 0. The van der Waals surface area contributed by atoms with Crippen molar-refractivity contribution in [3.05, 3.63) is 18.2 Å². The van der Waals surface area contributed by atoms with Gasteiger partial charge in [-0.2, -0.15) is 0 Å². The van der Waals surface area contributed by atoms with Crippen LogP contribution in [0.15, 0.2) is 12.4 Å². The lowest BCUT2D eigenvalue weighted by Crippen LogP contribution is -2.09. The molecule has 0 aliphatic carbocycles. The van der Waals surface area contributed by atoms with Crippen LogP contribution in [-0.2, 0) is 17.8 Å². The van der Waals surface area contributed by atoms with Gasteiger partial charge >= 0.3 is 0 Å². The molecule has 0 bridgehead atoms. The zero-order chi connectivity index (χ0) is 11.1. The molecule has 0 saturated carbocycles. The fourth-order valence-corrected chi connectivity index (χ4v) is 1.61. The van der Waals surface area contributed by atoms with Crippen LogP contribution in [0.3, 0.4) is 0 Å². The third-order valence-electron chi connectivity index (χ3n) is 2.21. The number of nitrogens with zero attached hydrogens (tertiary/aromatic N) is 2. The molecule has 3 nitrogen and oxygen atoms in total. The lowest BCUT2D eigenvalue weighted by molar-refractivity contribution is -0.118. The van der Waals surface area contributed by atoms with Crippen molar-refractivity contribution in [1.29, 1.82) is 0 Å². The fraction of sp³-hybridized carbons (Fsp3) is 0.636. The van der Waals surface area contributed by atoms with Gasteiger partial charge in [0.2, 0.25) is 0 Å². The van der Waals surface area contributed by atoms with Crippen molar-refractivity contribution < 1.29 is 4.79 Å². The average Bonchev–Trinajstić information content (AvgIpc) is 2.63. The lowest BCUT2D eigenvalue weighted by Gasteiger charge is -2.05. The second-order valence-electron chi connectivity index (χ2n) is 3.54. The van der Waals surface area contributed by atoms with E-state index in [0.717, 1.165) is 25.2 Å². The van der Waals surface area contributed by atoms with Crippen LogP contribution < -0.4 is 0 Å². The van der Waals surface area contributed by atoms with Crippen LogP contribution in [-0.4, -0.2) is 21.2 Å². The maximum atomic E-state index is 11.5. The van der Waals surface area contributed by atoms with Crippen LogP contribution in [0, 0.1) is 0 Å². The summed E-state index contributed by atoms with van der Waals surface area (Å²) in [4.78, 5) is 15.7. The van der Waals surface area contributed by atoms with Gasteiger partial charge in [0, 0.05) is 31.2 Å². The minimum absolute atomic E-state index is 0.221. The standard InChI is InChI=1S/C11H17ClN2O/c1-2-7-14-8-6-13-11(14)9-10(15)4-3-5-12/h6,8H,2-5,7,9H2,1H3. The highest BCUT2D eigenvalue weighted by Gasteiger charge is 2.08. The third-order valence-corrected chi connectivity index (χ3v) is 2.48. The third kappa shape index (κ3) is 4.04. The van der Waals surface area contributed by atoms with Gasteiger partial charge in [-0.1, -0.05) is 6.92 Å². The molecule has 0 aliphatic rings. The molecule has 0 aliphatic heterocycles. The molecule has 0 unspecified atom stereocenters. The smallest absolute Gasteiger partial charge is 0.140 e. The predicted molar refractivity (Wildman–Crippen MR) is 61.2 cm³/mol. The predicted octanol–water partition coefficient (Wildman–Crippen LogP) is 2.42. The Kier molecular flexibility index (Phi) is 5.40. The SMILES string of the molecule is CCCn1ccnc1CC(=O)CCCCl. The number of aromatic nitrogens is 2. The Labute approximate surface area is 95.5 Å². The van der Waals surface area contributed by atoms with E-state index in [1.165, 1.54) is 0 Å². The summed E-state index contributed by atoms with van der Waals surface area (Å²) in [5.74, 6) is 1.64. The molecule has 84 valence electrons. The Morgan fingerprint density at radius 2 is 2.40 bits per heavy atom. The number of hydrogen-bond donors (Lipinski definition) is 0. The average molecular weight is 229 g/mol. The van der Waals surface area contributed by atoms with Crippen molar-refractivity contribution in [3.8, 4) is 0 Å². The first-order valence-corrected chi connectivity index (χ1v) is 5.89. The summed E-state index contributed by atoms with van der Waals surface area (Å²) >= 11 is 5.54. The molecule has 0 fully saturated rings. The Hall–Kier alpha value is -0.830. The molecule has 0 spiro atoms. The first-order chi connectivity index (χ1) is 7.27. The largest absolute Gasteiger partial charge is 0.335 e. The summed E-state index contributed by atoms with van der Waals surface area (Å²) in [6.07, 6.45) is 6.48. The zero-order valence-corrected chi connectivity index (χ0v) is 9.83. The van der Waals surface area contributed by atoms with Crippen molar-refractivity contribution in [2.45, 2.75) is 39.2 Å². The first-order valence-electron chi connectivity index (χ1n) is 5.35. The molecule has 1 rings (SSSR count). The van der Waals surface area contributed by atoms with Crippen molar-refractivity contribution in [2.75, 3.05) is 5.88 Å². The highest BCUT2D eigenvalue weighted by molar-refractivity contribution is 6.17. The van der Waals surface area contributed by atoms with Crippen LogP contribution in [0.5, 0.6) is 0 Å². The number of hydrogen-bond acceptors (Lipinski definition) is 2. The molecular formula is C11H17ClN2O. The molecule has 0 N–H and O–H groups in total. The van der Waals surface area contributed by atoms with E-state index < -0.39 is 0 Å². The van der Waals surface area contributed by atoms with E-state index >= 15 is 0 Å². The van der Waals surface area contributed by atoms with Crippen LogP contribution in [0.1, 0.15) is 32.0 Å². The second kappa shape index (κ2) is 6.62. The van der Waals surface area contributed by atoms with Crippen LogP contribution >= 0.6 is 11.6 Å². The van der Waals surface area contributed by atoms with Crippen LogP contribution in [0.4, 0.5) is 0 Å². The van der Waals surface area contributed by atoms with Crippen molar-refractivity contribution in [1.82, 2.24) is 9.55 Å². The number of Topliss-reactive ketones (excluding diaryl/α,β-unsaturated/α-hetero) is 1. The van der Waals surface area contributed by atoms with E-state index in [0.29, 0.717) is 18.7 Å². The Morgan fingerprint density at radius 1 is 1.60 bits per heavy atom. The summed E-state index contributed by atoms with van der Waals surface area (Å²) in [6, 6.07) is 0. The summed E-state index contributed by atoms with van der Waals surface area (Å²) in [7, 11) is 0. The number of aryl methyl sites for hydroxylation is 1. The van der Waals surface area contributed by atoms with E-state index in [1.54, 1.807) is 6.20 Å². The number of halogens is 1. The molecule has 1 heterocycles. The molecule has 4 heteroatoms. The summed E-state index contributed by atoms with van der Waals surface area (Å²) < 4.78 is 2.04. The monoisotopic (exact) mass is 228 g/mol. The van der Waals surface area contributed by atoms with E-state index in [1.807, 2.05) is 10.8 Å². The van der Waals surface area contributed by atoms with Gasteiger partial charge in [0.15, 0.2) is 0 Å². The van der Waals surface area contributed by atoms with Crippen LogP contribution in [0.25, 0.3) is 0 Å². The maximum absolute atomic E-state index is 11.5. The Balaban J connectivity index is 2.48. The summed E-state index contributed by atoms with van der Waals surface area (Å²) in [5.41, 5.74) is 0. The van der Waals surface area contributed by atoms with Gasteiger partial charge in [-0.05, 0) is 12.8 Å². The number of carbonyl (C=O) groups is 1. The minimum Gasteiger partial charge on any atom is -0.335 e. The van der Waals surface area contributed by atoms with Gasteiger partial charge in [-0.15, -0.1) is 11.6 Å². The van der Waals surface area contributed by atoms with E-state index in [2.05, 4.69) is 11.9 Å². The Bertz CT molecular complexity index is 309. The Morgan fingerprint density at radius 3 is 3.07 bits per heavy atom. The molecule has 15 heavy (non-hydrogen) atoms. The van der Waals surface area contributed by atoms with Gasteiger partial charge in [-0.3, -0.25) is 4.79 Å². The molecule has 0 aromatic carbocycles. The second-order valence-corrected chi connectivity index (χ2v) is 3.92. The van der Waals surface area contributed by atoms with Gasteiger partial charge in [0.1, 0.15) is 11.6 Å². The number of rotatable bonds is 7. The van der Waals surface area contributed by atoms with Gasteiger partial charge in [-0.25, -0.2) is 4.98 Å². The normalized spacial score (nSPS) is 10.5. The molecule has 0 radical (unpaired) electrons. The van der Waals surface area contributed by atoms with Crippen molar-refractivity contribution in [2.24, 2.45) is 0 Å². The zero-order valence-electron chi connectivity index (χ0n) is 9.08. The molecule has 0 amide bonds. The van der Waals surface area contributed by atoms with Crippen molar-refractivity contribution >= 4 is 17.4 Å². The van der Waals surface area contributed by atoms with E-state index in [9.17, 15) is 4.79 Å². The number of alkyl halides is 1. The molecule has 0 atom stereocenters. The number of carbonyl (C=O) groups excluding carboxylic acids is 1. The van der Waals surface area contributed by atoms with E-state index in [4.69, 9.17) is 11.6 Å². The lowest BCUT2D eigenvalue weighted by atomic mass is 10.2. The first kappa shape index (κ1) is 12.2.